The summed E-state index contributed by atoms with van der Waals surface area (Å²) in [6, 6.07) is 20.3. The average molecular weight is 369 g/mol. The van der Waals surface area contributed by atoms with Crippen LogP contribution in [0.25, 0.3) is 34.0 Å². The van der Waals surface area contributed by atoms with Crippen molar-refractivity contribution >= 4 is 28.7 Å². The summed E-state index contributed by atoms with van der Waals surface area (Å²) in [7, 11) is 1.34. The van der Waals surface area contributed by atoms with Crippen molar-refractivity contribution in [3.05, 3.63) is 77.8 Å². The molecule has 0 saturated carbocycles. The monoisotopic (exact) mass is 369 g/mol. The number of H-pyrrole nitrogens is 1. The Morgan fingerprint density at radius 2 is 2.04 bits per heavy atom. The number of aromatic amines is 1. The van der Waals surface area contributed by atoms with Crippen LogP contribution in [0.3, 0.4) is 0 Å². The van der Waals surface area contributed by atoms with Gasteiger partial charge in [0.15, 0.2) is 0 Å². The lowest BCUT2D eigenvalue weighted by atomic mass is 10.1. The summed E-state index contributed by atoms with van der Waals surface area (Å²) in [4.78, 5) is 19.3. The summed E-state index contributed by atoms with van der Waals surface area (Å²) in [6.07, 6.45) is 1.63. The van der Waals surface area contributed by atoms with Gasteiger partial charge in [-0.2, -0.15) is 5.26 Å². The minimum Gasteiger partial charge on any atom is -0.465 e. The van der Waals surface area contributed by atoms with Crippen molar-refractivity contribution in [1.29, 1.82) is 5.26 Å². The number of imidazole rings is 1. The van der Waals surface area contributed by atoms with Gasteiger partial charge in [0.1, 0.15) is 23.4 Å². The molecule has 0 amide bonds. The number of ether oxygens (including phenoxy) is 1. The molecule has 2 aromatic heterocycles. The molecule has 4 aromatic rings. The number of furan rings is 1. The van der Waals surface area contributed by atoms with Crippen LogP contribution in [0.15, 0.2) is 65.1 Å². The van der Waals surface area contributed by atoms with Crippen LogP contribution < -0.4 is 0 Å². The van der Waals surface area contributed by atoms with Crippen LogP contribution in [0.1, 0.15) is 21.9 Å². The Morgan fingerprint density at radius 3 is 2.82 bits per heavy atom. The Balaban J connectivity index is 1.66. The van der Waals surface area contributed by atoms with Gasteiger partial charge in [0.25, 0.3) is 0 Å². The molecule has 6 nitrogen and oxygen atoms in total. The van der Waals surface area contributed by atoms with Gasteiger partial charge in [-0.05, 0) is 36.4 Å². The number of methoxy groups -OCH3 is 1. The molecule has 0 saturated heterocycles. The molecule has 0 aliphatic carbocycles. The first-order valence-electron chi connectivity index (χ1n) is 8.53. The van der Waals surface area contributed by atoms with Crippen LogP contribution in [0, 0.1) is 11.3 Å². The number of hydrogen-bond acceptors (Lipinski definition) is 5. The van der Waals surface area contributed by atoms with E-state index in [0.717, 1.165) is 16.6 Å². The lowest BCUT2D eigenvalue weighted by Gasteiger charge is -2.01. The first-order valence-corrected chi connectivity index (χ1v) is 8.53. The van der Waals surface area contributed by atoms with Crippen molar-refractivity contribution in [1.82, 2.24) is 9.97 Å². The standard InChI is InChI=1S/C22H15N3O3/c1-27-22(26)15-6-4-5-14(11-15)20-10-9-17(28-20)12-16(13-23)21-24-18-7-2-3-8-19(18)25-21/h2-12H,1H3,(H,24,25)/b16-12+. The Kier molecular flexibility index (Phi) is 4.48. The number of aromatic nitrogens is 2. The normalized spacial score (nSPS) is 11.4. The molecule has 2 heterocycles. The van der Waals surface area contributed by atoms with Gasteiger partial charge < -0.3 is 14.1 Å². The van der Waals surface area contributed by atoms with E-state index in [0.29, 0.717) is 28.5 Å². The molecule has 4 rings (SSSR count). The van der Waals surface area contributed by atoms with Crippen molar-refractivity contribution in [3.8, 4) is 17.4 Å². The van der Waals surface area contributed by atoms with Gasteiger partial charge >= 0.3 is 5.97 Å². The number of allylic oxidation sites excluding steroid dienone is 1. The maximum Gasteiger partial charge on any atom is 0.337 e. The summed E-state index contributed by atoms with van der Waals surface area (Å²) in [5, 5.41) is 9.54. The molecule has 0 aliphatic rings. The van der Waals surface area contributed by atoms with Crippen molar-refractivity contribution in [2.75, 3.05) is 7.11 Å². The highest BCUT2D eigenvalue weighted by molar-refractivity contribution is 5.91. The Morgan fingerprint density at radius 1 is 1.18 bits per heavy atom. The van der Waals surface area contributed by atoms with Crippen molar-refractivity contribution < 1.29 is 13.9 Å². The number of nitrogens with one attached hydrogen (secondary N) is 1. The smallest absolute Gasteiger partial charge is 0.337 e. The third-order valence-electron chi connectivity index (χ3n) is 4.25. The number of esters is 1. The fraction of sp³-hybridized carbons (Fsp3) is 0.0455. The molecular formula is C22H15N3O3. The molecule has 0 spiro atoms. The van der Waals surface area contributed by atoms with Crippen LogP contribution in [0.5, 0.6) is 0 Å². The van der Waals surface area contributed by atoms with Crippen molar-refractivity contribution in [2.45, 2.75) is 0 Å². The number of nitrogens with zero attached hydrogens (tertiary/aromatic N) is 2. The van der Waals surface area contributed by atoms with E-state index in [9.17, 15) is 10.1 Å². The topological polar surface area (TPSA) is 91.9 Å². The van der Waals surface area contributed by atoms with E-state index < -0.39 is 5.97 Å². The van der Waals surface area contributed by atoms with E-state index in [1.165, 1.54) is 7.11 Å². The first kappa shape index (κ1) is 17.3. The molecule has 2 aromatic carbocycles. The summed E-state index contributed by atoms with van der Waals surface area (Å²) in [5.41, 5.74) is 3.19. The molecule has 0 aliphatic heterocycles. The molecule has 6 heteroatoms. The maximum absolute atomic E-state index is 11.7. The quantitative estimate of drug-likeness (QED) is 0.417. The Bertz CT molecular complexity index is 1210. The zero-order valence-electron chi connectivity index (χ0n) is 15.0. The molecule has 0 bridgehead atoms. The summed E-state index contributed by atoms with van der Waals surface area (Å²) in [6.45, 7) is 0. The average Bonchev–Trinajstić information content (AvgIpc) is 3.38. The zero-order valence-corrected chi connectivity index (χ0v) is 15.0. The number of rotatable bonds is 4. The van der Waals surface area contributed by atoms with Gasteiger partial charge in [0.2, 0.25) is 0 Å². The Labute approximate surface area is 160 Å². The fourth-order valence-corrected chi connectivity index (χ4v) is 2.88. The number of hydrogen-bond donors (Lipinski definition) is 1. The van der Waals surface area contributed by atoms with Crippen LogP contribution in [0.2, 0.25) is 0 Å². The predicted octanol–water partition coefficient (Wildman–Crippen LogP) is 4.67. The summed E-state index contributed by atoms with van der Waals surface area (Å²) in [5.74, 6) is 1.16. The first-order chi connectivity index (χ1) is 13.7. The fourth-order valence-electron chi connectivity index (χ4n) is 2.88. The van der Waals surface area contributed by atoms with Gasteiger partial charge in [0.05, 0.1) is 29.3 Å². The third-order valence-corrected chi connectivity index (χ3v) is 4.25. The number of carbonyl (C=O) groups excluding carboxylic acids is 1. The van der Waals surface area contributed by atoms with E-state index in [-0.39, 0.29) is 0 Å². The highest BCUT2D eigenvalue weighted by atomic mass is 16.5. The molecule has 0 atom stereocenters. The number of nitriles is 1. The van der Waals surface area contributed by atoms with Crippen LogP contribution >= 0.6 is 0 Å². The molecular weight excluding hydrogens is 354 g/mol. The van der Waals surface area contributed by atoms with Gasteiger partial charge in [-0.3, -0.25) is 0 Å². The second-order valence-corrected chi connectivity index (χ2v) is 6.05. The van der Waals surface area contributed by atoms with Crippen molar-refractivity contribution in [2.24, 2.45) is 0 Å². The second kappa shape index (κ2) is 7.25. The van der Waals surface area contributed by atoms with E-state index in [2.05, 4.69) is 16.0 Å². The number of fused-ring (bicyclic) bond motifs is 1. The van der Waals surface area contributed by atoms with Crippen LogP contribution in [-0.2, 0) is 4.74 Å². The molecule has 0 fully saturated rings. The molecule has 0 radical (unpaired) electrons. The largest absolute Gasteiger partial charge is 0.465 e. The highest BCUT2D eigenvalue weighted by Gasteiger charge is 2.11. The highest BCUT2D eigenvalue weighted by Crippen LogP contribution is 2.26. The summed E-state index contributed by atoms with van der Waals surface area (Å²) >= 11 is 0. The zero-order chi connectivity index (χ0) is 19.5. The van der Waals surface area contributed by atoms with E-state index in [4.69, 9.17) is 9.15 Å². The van der Waals surface area contributed by atoms with Crippen molar-refractivity contribution in [3.63, 3.8) is 0 Å². The van der Waals surface area contributed by atoms with Crippen LogP contribution in [0.4, 0.5) is 0 Å². The van der Waals surface area contributed by atoms with Gasteiger partial charge in [0, 0.05) is 11.6 Å². The number of para-hydroxylation sites is 2. The predicted molar refractivity (Wildman–Crippen MR) is 105 cm³/mol. The number of benzene rings is 2. The van der Waals surface area contributed by atoms with Gasteiger partial charge in [-0.1, -0.05) is 24.3 Å². The lowest BCUT2D eigenvalue weighted by molar-refractivity contribution is 0.0601. The molecule has 0 unspecified atom stereocenters. The minimum atomic E-state index is -0.412. The molecule has 136 valence electrons. The molecule has 1 N–H and O–H groups in total. The van der Waals surface area contributed by atoms with Gasteiger partial charge in [-0.25, -0.2) is 9.78 Å². The third kappa shape index (κ3) is 3.29. The van der Waals surface area contributed by atoms with E-state index in [1.54, 1.807) is 36.4 Å². The summed E-state index contributed by atoms with van der Waals surface area (Å²) < 4.78 is 10.6. The van der Waals surface area contributed by atoms with Crippen LogP contribution in [-0.4, -0.2) is 23.0 Å². The minimum absolute atomic E-state index is 0.361. The second-order valence-electron chi connectivity index (χ2n) is 6.05. The Hall–Kier alpha value is -4.11. The van der Waals surface area contributed by atoms with E-state index >= 15 is 0 Å². The van der Waals surface area contributed by atoms with Gasteiger partial charge in [-0.15, -0.1) is 0 Å². The maximum atomic E-state index is 11.7. The lowest BCUT2D eigenvalue weighted by Crippen LogP contribution is -2.00. The number of carbonyl (C=O) groups is 1. The van der Waals surface area contributed by atoms with E-state index in [1.807, 2.05) is 30.3 Å². The SMILES string of the molecule is COC(=O)c1cccc(-c2ccc(/C=C(\C#N)c3nc4ccccc4[nH]3)o2)c1. The molecule has 28 heavy (non-hydrogen) atoms.